The number of ether oxygens (including phenoxy) is 1. The van der Waals surface area contributed by atoms with E-state index in [0.29, 0.717) is 40.3 Å². The van der Waals surface area contributed by atoms with Crippen LogP contribution in [0.5, 0.6) is 0 Å². The number of hydrogen-bond donors (Lipinski definition) is 4. The molecule has 7 nitrogen and oxygen atoms in total. The quantitative estimate of drug-likeness (QED) is 0.198. The van der Waals surface area contributed by atoms with E-state index in [2.05, 4.69) is 20.6 Å². The van der Waals surface area contributed by atoms with Gasteiger partial charge in [0.1, 0.15) is 5.82 Å². The number of nitrogens with two attached hydrogens (primary N) is 1. The monoisotopic (exact) mass is 404 g/mol. The summed E-state index contributed by atoms with van der Waals surface area (Å²) in [4.78, 5) is 9.26. The van der Waals surface area contributed by atoms with Crippen LogP contribution in [0.25, 0.3) is 22.3 Å². The number of benzene rings is 2. The minimum absolute atomic E-state index is 0.486. The van der Waals surface area contributed by atoms with Crippen molar-refractivity contribution < 1.29 is 4.74 Å². The van der Waals surface area contributed by atoms with E-state index >= 15 is 0 Å². The Labute approximate surface area is 166 Å². The lowest BCUT2D eigenvalue weighted by atomic mass is 10.2. The maximum absolute atomic E-state index is 6.86. The van der Waals surface area contributed by atoms with E-state index in [1.807, 2.05) is 24.3 Å². The largest absolute Gasteiger partial charge is 0.453 e. The van der Waals surface area contributed by atoms with Crippen LogP contribution in [-0.4, -0.2) is 35.8 Å². The van der Waals surface area contributed by atoms with Gasteiger partial charge >= 0.3 is 0 Å². The molecule has 0 fully saturated rings. The Morgan fingerprint density at radius 3 is 2.74 bits per heavy atom. The third-order valence-electron chi connectivity index (χ3n) is 3.75. The van der Waals surface area contributed by atoms with Crippen LogP contribution in [0.1, 0.15) is 0 Å². The summed E-state index contributed by atoms with van der Waals surface area (Å²) in [5.41, 5.74) is 7.12. The van der Waals surface area contributed by atoms with E-state index < -0.39 is 6.35 Å². The van der Waals surface area contributed by atoms with Crippen LogP contribution < -0.4 is 16.4 Å². The van der Waals surface area contributed by atoms with E-state index in [4.69, 9.17) is 39.1 Å². The summed E-state index contributed by atoms with van der Waals surface area (Å²) >= 11 is 12.3. The molecule has 0 saturated carbocycles. The molecule has 1 atom stereocenters. The zero-order valence-electron chi connectivity index (χ0n) is 14.2. The predicted octanol–water partition coefficient (Wildman–Crippen LogP) is 3.47. The molecule has 1 heterocycles. The Morgan fingerprint density at radius 1 is 1.15 bits per heavy atom. The molecule has 0 saturated heterocycles. The van der Waals surface area contributed by atoms with E-state index in [0.717, 1.165) is 17.3 Å². The standard InChI is InChI=1S/C18H18Cl2N6O/c19-11-5-6-12(14(20)9-11)17-25-15-4-2-1-3-13(15)16(26-17)23-7-8-24-18(22)27-10-21/h1-6,9-10,18,21,24H,7-8,22H2,(H,23,25,26). The number of fused-ring (bicyclic) bond motifs is 1. The summed E-state index contributed by atoms with van der Waals surface area (Å²) in [6.45, 7) is 1.06. The number of para-hydroxylation sites is 1. The first-order valence-electron chi connectivity index (χ1n) is 8.18. The summed E-state index contributed by atoms with van der Waals surface area (Å²) in [6, 6.07) is 12.9. The lowest BCUT2D eigenvalue weighted by Crippen LogP contribution is -2.41. The highest BCUT2D eigenvalue weighted by Gasteiger charge is 2.12. The Bertz CT molecular complexity index is 952. The zero-order chi connectivity index (χ0) is 19.2. The lowest BCUT2D eigenvalue weighted by molar-refractivity contribution is 0.168. The molecule has 1 aromatic heterocycles. The Hall–Kier alpha value is -2.45. The number of anilines is 1. The molecule has 0 amide bonds. The zero-order valence-corrected chi connectivity index (χ0v) is 15.8. The Balaban J connectivity index is 1.86. The molecule has 140 valence electrons. The molecule has 27 heavy (non-hydrogen) atoms. The van der Waals surface area contributed by atoms with E-state index in [1.165, 1.54) is 0 Å². The Kier molecular flexibility index (Phi) is 6.41. The van der Waals surface area contributed by atoms with Crippen molar-refractivity contribution >= 4 is 46.3 Å². The fourth-order valence-electron chi connectivity index (χ4n) is 2.52. The van der Waals surface area contributed by atoms with Crippen molar-refractivity contribution in [3.8, 4) is 11.4 Å². The molecule has 9 heteroatoms. The molecule has 0 radical (unpaired) electrons. The molecule has 1 unspecified atom stereocenters. The highest BCUT2D eigenvalue weighted by Crippen LogP contribution is 2.31. The van der Waals surface area contributed by atoms with Crippen molar-refractivity contribution in [2.75, 3.05) is 18.4 Å². The molecule has 2 aromatic carbocycles. The van der Waals surface area contributed by atoms with Crippen LogP contribution in [0, 0.1) is 5.41 Å². The van der Waals surface area contributed by atoms with Gasteiger partial charge < -0.3 is 10.1 Å². The molecule has 0 aliphatic rings. The van der Waals surface area contributed by atoms with Gasteiger partial charge in [-0.25, -0.2) is 9.97 Å². The fraction of sp³-hybridized carbons (Fsp3) is 0.167. The van der Waals surface area contributed by atoms with Crippen molar-refractivity contribution in [3.05, 3.63) is 52.5 Å². The van der Waals surface area contributed by atoms with Crippen molar-refractivity contribution in [1.82, 2.24) is 15.3 Å². The number of aromatic nitrogens is 2. The molecule has 0 bridgehead atoms. The predicted molar refractivity (Wildman–Crippen MR) is 109 cm³/mol. The number of rotatable bonds is 8. The summed E-state index contributed by atoms with van der Waals surface area (Å²) in [7, 11) is 0. The maximum Gasteiger partial charge on any atom is 0.205 e. The van der Waals surface area contributed by atoms with Gasteiger partial charge in [0.25, 0.3) is 0 Å². The first kappa shape index (κ1) is 19.3. The molecular formula is C18H18Cl2N6O. The SMILES string of the molecule is N=COC(N)NCCNc1nc(-c2ccc(Cl)cc2Cl)nc2ccccc12. The van der Waals surface area contributed by atoms with Gasteiger partial charge in [-0.2, -0.15) is 0 Å². The van der Waals surface area contributed by atoms with Gasteiger partial charge in [0.2, 0.25) is 6.35 Å². The highest BCUT2D eigenvalue weighted by atomic mass is 35.5. The summed E-state index contributed by atoms with van der Waals surface area (Å²) in [6.07, 6.45) is 0.0698. The number of nitrogens with one attached hydrogen (secondary N) is 3. The van der Waals surface area contributed by atoms with Gasteiger partial charge in [-0.3, -0.25) is 16.5 Å². The molecule has 3 aromatic rings. The van der Waals surface area contributed by atoms with Crippen molar-refractivity contribution in [3.63, 3.8) is 0 Å². The summed E-state index contributed by atoms with van der Waals surface area (Å²) in [5.74, 6) is 1.19. The van der Waals surface area contributed by atoms with Gasteiger partial charge in [-0.1, -0.05) is 35.3 Å². The Morgan fingerprint density at radius 2 is 1.96 bits per heavy atom. The second-order valence-electron chi connectivity index (χ2n) is 5.59. The topological polar surface area (TPSA) is 109 Å². The third kappa shape index (κ3) is 4.84. The third-order valence-corrected chi connectivity index (χ3v) is 4.30. The first-order valence-corrected chi connectivity index (χ1v) is 8.93. The van der Waals surface area contributed by atoms with E-state index in [9.17, 15) is 0 Å². The smallest absolute Gasteiger partial charge is 0.205 e. The summed E-state index contributed by atoms with van der Waals surface area (Å²) in [5, 5.41) is 15.0. The van der Waals surface area contributed by atoms with Crippen LogP contribution in [0.4, 0.5) is 5.82 Å². The normalized spacial score (nSPS) is 12.0. The molecule has 0 aliphatic heterocycles. The van der Waals surface area contributed by atoms with Crippen LogP contribution in [-0.2, 0) is 4.74 Å². The lowest BCUT2D eigenvalue weighted by Gasteiger charge is -2.14. The minimum atomic E-state index is -0.727. The molecular weight excluding hydrogens is 387 g/mol. The molecule has 0 spiro atoms. The van der Waals surface area contributed by atoms with Gasteiger partial charge in [-0.15, -0.1) is 0 Å². The van der Waals surface area contributed by atoms with Crippen molar-refractivity contribution in [1.29, 1.82) is 5.41 Å². The second-order valence-corrected chi connectivity index (χ2v) is 6.44. The van der Waals surface area contributed by atoms with Crippen LogP contribution in [0.15, 0.2) is 42.5 Å². The number of nitrogens with zero attached hydrogens (tertiary/aromatic N) is 2. The average Bonchev–Trinajstić information content (AvgIpc) is 2.65. The van der Waals surface area contributed by atoms with Gasteiger partial charge in [0.05, 0.1) is 10.5 Å². The highest BCUT2D eigenvalue weighted by molar-refractivity contribution is 6.36. The minimum Gasteiger partial charge on any atom is -0.453 e. The number of halogens is 2. The van der Waals surface area contributed by atoms with Crippen LogP contribution >= 0.6 is 23.2 Å². The average molecular weight is 405 g/mol. The number of hydrogen-bond acceptors (Lipinski definition) is 7. The first-order chi connectivity index (χ1) is 13.1. The van der Waals surface area contributed by atoms with Gasteiger partial charge in [0, 0.05) is 29.1 Å². The molecule has 5 N–H and O–H groups in total. The molecule has 0 aliphatic carbocycles. The van der Waals surface area contributed by atoms with Crippen LogP contribution in [0.3, 0.4) is 0 Å². The van der Waals surface area contributed by atoms with Crippen molar-refractivity contribution in [2.45, 2.75) is 6.35 Å². The molecule has 3 rings (SSSR count). The van der Waals surface area contributed by atoms with Gasteiger partial charge in [-0.05, 0) is 30.3 Å². The fourth-order valence-corrected chi connectivity index (χ4v) is 3.01. The second kappa shape index (κ2) is 8.96. The van der Waals surface area contributed by atoms with E-state index in [-0.39, 0.29) is 0 Å². The maximum atomic E-state index is 6.86. The van der Waals surface area contributed by atoms with Crippen LogP contribution in [0.2, 0.25) is 10.0 Å². The van der Waals surface area contributed by atoms with E-state index in [1.54, 1.807) is 18.2 Å². The summed E-state index contributed by atoms with van der Waals surface area (Å²) < 4.78 is 4.79. The van der Waals surface area contributed by atoms with Crippen molar-refractivity contribution in [2.24, 2.45) is 5.73 Å². The van der Waals surface area contributed by atoms with Gasteiger partial charge in [0.15, 0.2) is 12.2 Å².